The summed E-state index contributed by atoms with van der Waals surface area (Å²) in [6, 6.07) is 30.2. The number of hydrogen-bond donors (Lipinski definition) is 1. The third kappa shape index (κ3) is 4.02. The van der Waals surface area contributed by atoms with Crippen LogP contribution < -0.4 is 0 Å². The van der Waals surface area contributed by atoms with Crippen molar-refractivity contribution in [2.75, 3.05) is 0 Å². The van der Waals surface area contributed by atoms with E-state index in [9.17, 15) is 9.90 Å². The van der Waals surface area contributed by atoms with Gasteiger partial charge in [0.05, 0.1) is 12.2 Å². The van der Waals surface area contributed by atoms with E-state index >= 15 is 0 Å². The molecule has 0 heterocycles. The predicted octanol–water partition coefficient (Wildman–Crippen LogP) is 4.45. The van der Waals surface area contributed by atoms with Crippen LogP contribution in [0.2, 0.25) is 0 Å². The van der Waals surface area contributed by atoms with Gasteiger partial charge in [-0.25, -0.2) is 0 Å². The molecule has 0 aliphatic heterocycles. The van der Waals surface area contributed by atoms with Gasteiger partial charge in [-0.1, -0.05) is 91.0 Å². The average molecular weight is 402 g/mol. The second kappa shape index (κ2) is 8.82. The molecule has 0 amide bonds. The quantitative estimate of drug-likeness (QED) is 0.489. The summed E-state index contributed by atoms with van der Waals surface area (Å²) < 4.78 is 12.2. The second-order valence-electron chi connectivity index (χ2n) is 7.71. The van der Waals surface area contributed by atoms with Crippen LogP contribution in [0.5, 0.6) is 0 Å². The normalized spacial score (nSPS) is 21.3. The van der Waals surface area contributed by atoms with Gasteiger partial charge < -0.3 is 14.6 Å². The molecular formula is C26H26O4. The first-order valence-electron chi connectivity index (χ1n) is 10.3. The third-order valence-electron chi connectivity index (χ3n) is 5.63. The predicted molar refractivity (Wildman–Crippen MR) is 115 cm³/mol. The van der Waals surface area contributed by atoms with E-state index in [-0.39, 0.29) is 12.1 Å². The SMILES string of the molecule is CC(=O)O[C@H]1C[C@H](O)[C@H](OC(c2ccccc2)(c2ccccc2)c2ccccc2)C1. The zero-order valence-corrected chi connectivity index (χ0v) is 17.0. The number of aliphatic hydroxyl groups is 1. The van der Waals surface area contributed by atoms with E-state index in [1.165, 1.54) is 6.92 Å². The summed E-state index contributed by atoms with van der Waals surface area (Å²) in [5.74, 6) is -0.340. The summed E-state index contributed by atoms with van der Waals surface area (Å²) in [6.45, 7) is 1.39. The summed E-state index contributed by atoms with van der Waals surface area (Å²) in [4.78, 5) is 11.4. The van der Waals surface area contributed by atoms with Gasteiger partial charge in [0.15, 0.2) is 0 Å². The van der Waals surface area contributed by atoms with Gasteiger partial charge in [0.25, 0.3) is 0 Å². The lowest BCUT2D eigenvalue weighted by Gasteiger charge is -2.39. The number of benzene rings is 3. The minimum absolute atomic E-state index is 0.340. The first-order valence-corrected chi connectivity index (χ1v) is 10.3. The lowest BCUT2D eigenvalue weighted by Crippen LogP contribution is -2.39. The monoisotopic (exact) mass is 402 g/mol. The molecule has 3 aromatic rings. The molecule has 0 aromatic heterocycles. The van der Waals surface area contributed by atoms with E-state index in [1.807, 2.05) is 91.0 Å². The van der Waals surface area contributed by atoms with Crippen molar-refractivity contribution in [1.82, 2.24) is 0 Å². The summed E-state index contributed by atoms with van der Waals surface area (Å²) in [5.41, 5.74) is 2.03. The molecule has 3 atom stereocenters. The van der Waals surface area contributed by atoms with Crippen molar-refractivity contribution < 1.29 is 19.4 Å². The zero-order chi connectivity index (χ0) is 21.0. The van der Waals surface area contributed by atoms with Crippen molar-refractivity contribution in [2.45, 2.75) is 43.7 Å². The molecule has 3 aromatic carbocycles. The van der Waals surface area contributed by atoms with Gasteiger partial charge in [0, 0.05) is 19.8 Å². The van der Waals surface area contributed by atoms with E-state index in [1.54, 1.807) is 0 Å². The fraction of sp³-hybridized carbons (Fsp3) is 0.269. The number of hydrogen-bond acceptors (Lipinski definition) is 4. The first-order chi connectivity index (χ1) is 14.6. The Balaban J connectivity index is 1.82. The standard InChI is InChI=1S/C26H26O4/c1-19(27)29-23-17-24(28)25(18-23)30-26(20-11-5-2-6-12-20,21-13-7-3-8-14-21)22-15-9-4-10-16-22/h2-16,23-25,28H,17-18H2,1H3/t23-,24-,25+/m0/s1. The molecule has 0 bridgehead atoms. The van der Waals surface area contributed by atoms with Gasteiger partial charge in [-0.05, 0) is 16.7 Å². The largest absolute Gasteiger partial charge is 0.462 e. The van der Waals surface area contributed by atoms with Crippen LogP contribution in [0, 0.1) is 0 Å². The number of ether oxygens (including phenoxy) is 2. The molecule has 1 aliphatic rings. The maximum atomic E-state index is 11.4. The zero-order valence-electron chi connectivity index (χ0n) is 17.0. The first kappa shape index (κ1) is 20.3. The fourth-order valence-electron chi connectivity index (χ4n) is 4.34. The molecule has 0 unspecified atom stereocenters. The number of esters is 1. The van der Waals surface area contributed by atoms with Gasteiger partial charge in [0.1, 0.15) is 11.7 Å². The highest BCUT2D eigenvalue weighted by molar-refractivity contribution is 5.66. The van der Waals surface area contributed by atoms with Crippen LogP contribution in [0.15, 0.2) is 91.0 Å². The maximum absolute atomic E-state index is 11.4. The lowest BCUT2D eigenvalue weighted by atomic mass is 9.80. The summed E-state index contributed by atoms with van der Waals surface area (Å²) in [7, 11) is 0. The molecule has 4 heteroatoms. The van der Waals surface area contributed by atoms with E-state index in [4.69, 9.17) is 9.47 Å². The number of aliphatic hydroxyl groups excluding tert-OH is 1. The minimum Gasteiger partial charge on any atom is -0.462 e. The van der Waals surface area contributed by atoms with Gasteiger partial charge in [-0.3, -0.25) is 4.79 Å². The molecule has 1 fully saturated rings. The highest BCUT2D eigenvalue weighted by Gasteiger charge is 2.45. The van der Waals surface area contributed by atoms with Gasteiger partial charge in [0.2, 0.25) is 0 Å². The molecular weight excluding hydrogens is 376 g/mol. The van der Waals surface area contributed by atoms with Crippen LogP contribution in [-0.2, 0) is 19.9 Å². The van der Waals surface area contributed by atoms with Crippen LogP contribution in [-0.4, -0.2) is 29.4 Å². The van der Waals surface area contributed by atoms with Crippen molar-refractivity contribution in [2.24, 2.45) is 0 Å². The maximum Gasteiger partial charge on any atom is 0.302 e. The minimum atomic E-state index is -0.902. The van der Waals surface area contributed by atoms with Gasteiger partial charge in [-0.2, -0.15) is 0 Å². The van der Waals surface area contributed by atoms with Crippen molar-refractivity contribution >= 4 is 5.97 Å². The summed E-state index contributed by atoms with van der Waals surface area (Å²) >= 11 is 0. The van der Waals surface area contributed by atoms with E-state index in [2.05, 4.69) is 0 Å². The highest BCUT2D eigenvalue weighted by atomic mass is 16.6. The van der Waals surface area contributed by atoms with E-state index in [0.717, 1.165) is 16.7 Å². The van der Waals surface area contributed by atoms with Gasteiger partial charge in [-0.15, -0.1) is 0 Å². The molecule has 1 aliphatic carbocycles. The van der Waals surface area contributed by atoms with Crippen LogP contribution in [0.4, 0.5) is 0 Å². The summed E-state index contributed by atoms with van der Waals surface area (Å²) in [5, 5.41) is 10.8. The van der Waals surface area contributed by atoms with Crippen LogP contribution >= 0.6 is 0 Å². The molecule has 4 nitrogen and oxygen atoms in total. The van der Waals surface area contributed by atoms with E-state index in [0.29, 0.717) is 12.8 Å². The number of carbonyl (C=O) groups is 1. The Labute approximate surface area is 177 Å². The van der Waals surface area contributed by atoms with Crippen LogP contribution in [0.3, 0.4) is 0 Å². The van der Waals surface area contributed by atoms with Crippen molar-refractivity contribution in [3.05, 3.63) is 108 Å². The Morgan fingerprint density at radius 3 is 1.63 bits per heavy atom. The van der Waals surface area contributed by atoms with Crippen LogP contribution in [0.25, 0.3) is 0 Å². The molecule has 4 rings (SSSR count). The molecule has 1 N–H and O–H groups in total. The average Bonchev–Trinajstić information content (AvgIpc) is 3.11. The van der Waals surface area contributed by atoms with Gasteiger partial charge >= 0.3 is 5.97 Å². The van der Waals surface area contributed by atoms with Crippen molar-refractivity contribution in [3.8, 4) is 0 Å². The Kier molecular flexibility index (Phi) is 5.98. The van der Waals surface area contributed by atoms with E-state index < -0.39 is 17.8 Å². The molecule has 1 saturated carbocycles. The van der Waals surface area contributed by atoms with Crippen molar-refractivity contribution in [1.29, 1.82) is 0 Å². The smallest absolute Gasteiger partial charge is 0.302 e. The van der Waals surface area contributed by atoms with Crippen molar-refractivity contribution in [3.63, 3.8) is 0 Å². The number of rotatable bonds is 6. The Bertz CT molecular complexity index is 859. The molecule has 0 spiro atoms. The molecule has 30 heavy (non-hydrogen) atoms. The molecule has 154 valence electrons. The van der Waals surface area contributed by atoms with Crippen LogP contribution in [0.1, 0.15) is 36.5 Å². The second-order valence-corrected chi connectivity index (χ2v) is 7.71. The Morgan fingerprint density at radius 2 is 1.23 bits per heavy atom. The fourth-order valence-corrected chi connectivity index (χ4v) is 4.34. The Hall–Kier alpha value is -2.95. The molecule has 0 saturated heterocycles. The highest BCUT2D eigenvalue weighted by Crippen LogP contribution is 2.43. The Morgan fingerprint density at radius 1 is 0.800 bits per heavy atom. The summed E-state index contributed by atoms with van der Waals surface area (Å²) in [6.07, 6.45) is -0.712. The third-order valence-corrected chi connectivity index (χ3v) is 5.63. The molecule has 0 radical (unpaired) electrons. The number of carbonyl (C=O) groups excluding carboxylic acids is 1. The lowest BCUT2D eigenvalue weighted by molar-refractivity contribution is -0.146. The topological polar surface area (TPSA) is 55.8 Å².